The maximum atomic E-state index is 10.2. The molecule has 8 nitrogen and oxygen atoms in total. The second kappa shape index (κ2) is 11.4. The molecule has 0 aliphatic carbocycles. The van der Waals surface area contributed by atoms with E-state index < -0.39 is 11.9 Å². The molecule has 0 rings (SSSR count). The number of nitrogens with one attached hydrogen (secondary N) is 1. The van der Waals surface area contributed by atoms with E-state index >= 15 is 0 Å². The summed E-state index contributed by atoms with van der Waals surface area (Å²) in [7, 11) is 1.63. The first-order valence-electron chi connectivity index (χ1n) is 4.36. The predicted molar refractivity (Wildman–Crippen MR) is 53.8 cm³/mol. The third-order valence-corrected chi connectivity index (χ3v) is 1.21. The van der Waals surface area contributed by atoms with E-state index in [2.05, 4.69) is 5.32 Å². The van der Waals surface area contributed by atoms with Crippen LogP contribution in [-0.4, -0.2) is 54.9 Å². The minimum absolute atomic E-state index is 0.273. The van der Waals surface area contributed by atoms with Gasteiger partial charge in [0.1, 0.15) is 0 Å². The molecule has 0 bridgehead atoms. The van der Waals surface area contributed by atoms with E-state index in [1.165, 1.54) is 0 Å². The number of rotatable bonds is 6. The van der Waals surface area contributed by atoms with Crippen molar-refractivity contribution in [3.8, 4) is 0 Å². The summed E-state index contributed by atoms with van der Waals surface area (Å²) in [6.07, 6.45) is 0.393. The Labute approximate surface area is 92.4 Å². The van der Waals surface area contributed by atoms with Crippen LogP contribution in [0.15, 0.2) is 0 Å². The molecule has 0 unspecified atom stereocenters. The predicted octanol–water partition coefficient (Wildman–Crippen LogP) is -1.75. The van der Waals surface area contributed by atoms with Crippen molar-refractivity contribution in [3.05, 3.63) is 0 Å². The minimum atomic E-state index is -1.82. The van der Waals surface area contributed by atoms with Gasteiger partial charge < -0.3 is 26.0 Å². The van der Waals surface area contributed by atoms with E-state index in [-0.39, 0.29) is 5.91 Å². The quantitative estimate of drug-likeness (QED) is 0.317. The molecular formula is C8H16N2O6. The van der Waals surface area contributed by atoms with Gasteiger partial charge in [-0.25, -0.2) is 9.59 Å². The highest BCUT2D eigenvalue weighted by atomic mass is 16.5. The first kappa shape index (κ1) is 16.7. The van der Waals surface area contributed by atoms with Crippen molar-refractivity contribution >= 4 is 17.8 Å². The highest BCUT2D eigenvalue weighted by Crippen LogP contribution is 1.71. The van der Waals surface area contributed by atoms with Crippen molar-refractivity contribution in [2.75, 3.05) is 26.8 Å². The Balaban J connectivity index is 0. The van der Waals surface area contributed by atoms with Gasteiger partial charge >= 0.3 is 11.9 Å². The van der Waals surface area contributed by atoms with Crippen LogP contribution in [0.2, 0.25) is 0 Å². The second-order valence-electron chi connectivity index (χ2n) is 2.57. The Bertz CT molecular complexity index is 219. The number of carbonyl (C=O) groups excluding carboxylic acids is 1. The molecule has 0 saturated carbocycles. The summed E-state index contributed by atoms with van der Waals surface area (Å²) in [5.41, 5.74) is 4.90. The SMILES string of the molecule is COCCNCCC(N)=O.O=C(O)C(=O)O. The van der Waals surface area contributed by atoms with Crippen LogP contribution >= 0.6 is 0 Å². The molecule has 16 heavy (non-hydrogen) atoms. The van der Waals surface area contributed by atoms with Gasteiger partial charge in [0.05, 0.1) is 6.61 Å². The standard InChI is InChI=1S/C6H14N2O2.C2H2O4/c1-10-5-4-8-3-2-6(7)9;3-1(4)2(5)6/h8H,2-5H2,1H3,(H2,7,9);(H,3,4)(H,5,6). The molecule has 0 aromatic carbocycles. The van der Waals surface area contributed by atoms with Crippen LogP contribution in [0.5, 0.6) is 0 Å². The number of carboxylic acids is 2. The summed E-state index contributed by atoms with van der Waals surface area (Å²) in [6.45, 7) is 2.07. The number of nitrogens with two attached hydrogens (primary N) is 1. The van der Waals surface area contributed by atoms with Crippen molar-refractivity contribution in [1.29, 1.82) is 0 Å². The Morgan fingerprint density at radius 3 is 2.00 bits per heavy atom. The van der Waals surface area contributed by atoms with Crippen LogP contribution in [-0.2, 0) is 19.1 Å². The Morgan fingerprint density at radius 1 is 1.19 bits per heavy atom. The number of carboxylic acid groups (broad SMARTS) is 2. The Kier molecular flexibility index (Phi) is 11.9. The van der Waals surface area contributed by atoms with Crippen molar-refractivity contribution in [1.82, 2.24) is 5.32 Å². The molecule has 5 N–H and O–H groups in total. The van der Waals surface area contributed by atoms with Gasteiger partial charge in [0.25, 0.3) is 0 Å². The third kappa shape index (κ3) is 18.2. The summed E-state index contributed by atoms with van der Waals surface area (Å²) in [5, 5.41) is 17.8. The van der Waals surface area contributed by atoms with Crippen LogP contribution in [0.25, 0.3) is 0 Å². The highest BCUT2D eigenvalue weighted by Gasteiger charge is 2.04. The molecular weight excluding hydrogens is 220 g/mol. The zero-order valence-corrected chi connectivity index (χ0v) is 8.93. The minimum Gasteiger partial charge on any atom is -0.473 e. The number of hydrogen-bond acceptors (Lipinski definition) is 5. The molecule has 0 aromatic rings. The van der Waals surface area contributed by atoms with Gasteiger partial charge in [0.15, 0.2) is 0 Å². The van der Waals surface area contributed by atoms with Crippen molar-refractivity contribution < 1.29 is 29.3 Å². The van der Waals surface area contributed by atoms with E-state index in [1.807, 2.05) is 0 Å². The van der Waals surface area contributed by atoms with E-state index in [1.54, 1.807) is 7.11 Å². The smallest absolute Gasteiger partial charge is 0.414 e. The topological polar surface area (TPSA) is 139 Å². The number of hydrogen-bond donors (Lipinski definition) is 4. The largest absolute Gasteiger partial charge is 0.473 e. The fraction of sp³-hybridized carbons (Fsp3) is 0.625. The first-order chi connectivity index (χ1) is 7.41. The number of carbonyl (C=O) groups is 3. The fourth-order valence-electron chi connectivity index (χ4n) is 0.511. The van der Waals surface area contributed by atoms with Gasteiger partial charge in [-0.3, -0.25) is 4.79 Å². The number of amides is 1. The van der Waals surface area contributed by atoms with Gasteiger partial charge in [-0.15, -0.1) is 0 Å². The maximum absolute atomic E-state index is 10.2. The van der Waals surface area contributed by atoms with Crippen LogP contribution < -0.4 is 11.1 Å². The molecule has 0 fully saturated rings. The average Bonchev–Trinajstić information content (AvgIpc) is 2.18. The lowest BCUT2D eigenvalue weighted by Crippen LogP contribution is -2.24. The van der Waals surface area contributed by atoms with Crippen molar-refractivity contribution in [2.45, 2.75) is 6.42 Å². The number of aliphatic carboxylic acids is 2. The number of primary amides is 1. The van der Waals surface area contributed by atoms with Gasteiger partial charge in [-0.1, -0.05) is 0 Å². The molecule has 94 valence electrons. The molecule has 0 spiro atoms. The lowest BCUT2D eigenvalue weighted by atomic mass is 10.4. The zero-order chi connectivity index (χ0) is 13.0. The van der Waals surface area contributed by atoms with Crippen LogP contribution in [0.4, 0.5) is 0 Å². The monoisotopic (exact) mass is 236 g/mol. The summed E-state index contributed by atoms with van der Waals surface area (Å²) < 4.78 is 4.77. The summed E-state index contributed by atoms with van der Waals surface area (Å²) >= 11 is 0. The lowest BCUT2D eigenvalue weighted by molar-refractivity contribution is -0.159. The third-order valence-electron chi connectivity index (χ3n) is 1.21. The van der Waals surface area contributed by atoms with Crippen molar-refractivity contribution in [2.24, 2.45) is 5.73 Å². The molecule has 8 heteroatoms. The van der Waals surface area contributed by atoms with Gasteiger partial charge in [-0.05, 0) is 0 Å². The van der Waals surface area contributed by atoms with E-state index in [0.29, 0.717) is 19.6 Å². The summed E-state index contributed by atoms with van der Waals surface area (Å²) in [5.74, 6) is -3.92. The van der Waals surface area contributed by atoms with Gasteiger partial charge in [-0.2, -0.15) is 0 Å². The maximum Gasteiger partial charge on any atom is 0.414 e. The molecule has 1 amide bonds. The molecule has 0 atom stereocenters. The molecule has 0 aromatic heterocycles. The molecule has 0 heterocycles. The van der Waals surface area contributed by atoms with Crippen LogP contribution in [0.1, 0.15) is 6.42 Å². The molecule has 0 radical (unpaired) electrons. The first-order valence-corrected chi connectivity index (χ1v) is 4.36. The van der Waals surface area contributed by atoms with E-state index in [4.69, 9.17) is 30.3 Å². The second-order valence-corrected chi connectivity index (χ2v) is 2.57. The molecule has 0 aliphatic heterocycles. The Morgan fingerprint density at radius 2 is 1.69 bits per heavy atom. The molecule has 0 aliphatic rings. The van der Waals surface area contributed by atoms with Gasteiger partial charge in [0, 0.05) is 26.6 Å². The number of methoxy groups -OCH3 is 1. The van der Waals surface area contributed by atoms with Crippen LogP contribution in [0.3, 0.4) is 0 Å². The number of ether oxygens (including phenoxy) is 1. The zero-order valence-electron chi connectivity index (χ0n) is 8.93. The summed E-state index contributed by atoms with van der Waals surface area (Å²) in [4.78, 5) is 28.4. The fourth-order valence-corrected chi connectivity index (χ4v) is 0.511. The van der Waals surface area contributed by atoms with E-state index in [9.17, 15) is 4.79 Å². The average molecular weight is 236 g/mol. The van der Waals surface area contributed by atoms with Crippen LogP contribution in [0, 0.1) is 0 Å². The molecule has 0 saturated heterocycles. The van der Waals surface area contributed by atoms with Gasteiger partial charge in [0.2, 0.25) is 5.91 Å². The highest BCUT2D eigenvalue weighted by molar-refractivity contribution is 6.27. The normalized spacial score (nSPS) is 8.81. The van der Waals surface area contributed by atoms with E-state index in [0.717, 1.165) is 6.54 Å². The summed E-state index contributed by atoms with van der Waals surface area (Å²) in [6, 6.07) is 0. The Hall–Kier alpha value is -1.67. The van der Waals surface area contributed by atoms with Crippen molar-refractivity contribution in [3.63, 3.8) is 0 Å². The lowest BCUT2D eigenvalue weighted by Gasteiger charge is -2.00.